The number of aromatic amines is 1. The predicted molar refractivity (Wildman–Crippen MR) is 271 cm³/mol. The van der Waals surface area contributed by atoms with Gasteiger partial charge < -0.3 is 58.8 Å². The number of amides is 1. The molecule has 6 rings (SSSR count). The molecule has 3 aromatic rings. The van der Waals surface area contributed by atoms with Gasteiger partial charge in [-0.1, -0.05) is 48.9 Å². The quantitative estimate of drug-likeness (QED) is 0.0778. The maximum absolute atomic E-state index is 15.5. The van der Waals surface area contributed by atoms with E-state index < -0.39 is 87.0 Å². The Bertz CT molecular complexity index is 2720. The van der Waals surface area contributed by atoms with E-state index in [1.54, 1.807) is 57.6 Å². The molecule has 2 aliphatic heterocycles. The number of rotatable bonds is 18. The van der Waals surface area contributed by atoms with E-state index in [1.807, 2.05) is 20.1 Å². The number of carboxylic acid groups (broad SMARTS) is 1. The van der Waals surface area contributed by atoms with E-state index in [4.69, 9.17) is 49.5 Å². The predicted octanol–water partition coefficient (Wildman–Crippen LogP) is 4.02. The van der Waals surface area contributed by atoms with Crippen LogP contribution in [0.3, 0.4) is 0 Å². The van der Waals surface area contributed by atoms with Crippen molar-refractivity contribution in [2.24, 2.45) is 0 Å². The second-order valence-corrected chi connectivity index (χ2v) is 21.4. The largest absolute Gasteiger partial charge is 0.493 e. The minimum Gasteiger partial charge on any atom is -0.493 e. The van der Waals surface area contributed by atoms with Crippen molar-refractivity contribution in [2.45, 2.75) is 113 Å². The molecule has 3 aliphatic rings. The molecule has 2 saturated heterocycles. The molecular formula is C50H60N4O14S3. The van der Waals surface area contributed by atoms with Gasteiger partial charge in [-0.3, -0.25) is 24.7 Å². The van der Waals surface area contributed by atoms with Gasteiger partial charge in [0, 0.05) is 59.8 Å². The lowest BCUT2D eigenvalue weighted by atomic mass is 9.82. The lowest BCUT2D eigenvalue weighted by Crippen LogP contribution is -2.68. The lowest BCUT2D eigenvalue weighted by Gasteiger charge is -2.51. The number of Topliss-reactive ketones (excluding diaryl/α,β-unsaturated/α-hetero) is 2. The van der Waals surface area contributed by atoms with Gasteiger partial charge in [-0.2, -0.15) is 0 Å². The SMILES string of the molecule is CC#C/C=C\C#C[C@H](OC1OC(C)C(SC)(C(=O)c2nccc3c2[nH]c2ccc(OCCC(=O)O)cc23)C(O)C1OC1CC(OC)C(NC(C)C)CO1)C1=C(NC(=O)OC)C(=O)C[C@H](O)/C1=C/CS(C)=S. The number of nitrogens with one attached hydrogen (secondary N) is 3. The molecule has 1 amide bonds. The number of fused-ring (bicyclic) bond motifs is 3. The lowest BCUT2D eigenvalue weighted by molar-refractivity contribution is -0.323. The van der Waals surface area contributed by atoms with E-state index in [0.717, 1.165) is 18.9 Å². The van der Waals surface area contributed by atoms with Crippen LogP contribution < -0.4 is 15.4 Å². The molecule has 71 heavy (non-hydrogen) atoms. The number of methoxy groups -OCH3 is 2. The number of hydrogen-bond acceptors (Lipinski definition) is 17. The Balaban J connectivity index is 1.49. The number of hydrogen-bond donors (Lipinski definition) is 6. The molecular weight excluding hydrogens is 977 g/mol. The molecule has 382 valence electrons. The minimum absolute atomic E-state index is 0.00885. The average molecular weight is 1040 g/mol. The van der Waals surface area contributed by atoms with Crippen LogP contribution in [-0.2, 0) is 58.7 Å². The normalized spacial score (nSPS) is 27.3. The summed E-state index contributed by atoms with van der Waals surface area (Å²) >= 11 is 6.53. The maximum atomic E-state index is 15.5. The third-order valence-electron chi connectivity index (χ3n) is 12.1. The summed E-state index contributed by atoms with van der Waals surface area (Å²) in [6.07, 6.45) is -2.09. The van der Waals surface area contributed by atoms with Crippen LogP contribution in [0.2, 0.25) is 0 Å². The highest BCUT2D eigenvalue weighted by molar-refractivity contribution is 8.28. The fourth-order valence-electron chi connectivity index (χ4n) is 8.81. The number of carbonyl (C=O) groups is 4. The van der Waals surface area contributed by atoms with Crippen LogP contribution in [0.5, 0.6) is 5.75 Å². The molecule has 1 aliphatic carbocycles. The average Bonchev–Trinajstić information content (AvgIpc) is 3.71. The van der Waals surface area contributed by atoms with Crippen molar-refractivity contribution in [3.8, 4) is 29.4 Å². The van der Waals surface area contributed by atoms with Gasteiger partial charge in [0.2, 0.25) is 5.78 Å². The number of pyridine rings is 1. The van der Waals surface area contributed by atoms with Crippen molar-refractivity contribution in [2.75, 3.05) is 45.7 Å². The second-order valence-electron chi connectivity index (χ2n) is 17.1. The highest BCUT2D eigenvalue weighted by atomic mass is 32.8. The van der Waals surface area contributed by atoms with Crippen LogP contribution in [0.15, 0.2) is 65.5 Å². The van der Waals surface area contributed by atoms with Gasteiger partial charge in [0.1, 0.15) is 34.5 Å². The van der Waals surface area contributed by atoms with Gasteiger partial charge in [-0.05, 0) is 68.3 Å². The standard InChI is InChI=1S/C50H60N4O14S3/c1-9-10-11-12-13-14-37(41-31(19-22-71(8)69)35(55)24-36(56)43(41)54-49(61)63-6)67-48-45(68-40-25-38(62-5)34(26-65-40)52-27(2)3)47(60)50(70-7,28(4)66-48)46(59)44-42-30(17-20-51-44)32-23-29(15-16-33(32)53-42)64-21-18-39(57)58/h11-12,15-17,19-20,23,27-28,34-35,37-38,40,45,47-48,52-53,55,60H,18,21-22,24-26H2,1-8H3,(H,54,61)(H,57,58)/b12-11-,31-19-/t28?,34?,35-,37-,38?,40?,45?,47?,48?,50?,71?/m0/s1. The highest BCUT2D eigenvalue weighted by Crippen LogP contribution is 2.46. The molecule has 0 bridgehead atoms. The molecule has 0 spiro atoms. The van der Waals surface area contributed by atoms with Crippen LogP contribution in [0.4, 0.5) is 4.79 Å². The van der Waals surface area contributed by atoms with Gasteiger partial charge in [-0.25, -0.2) is 4.79 Å². The Labute approximate surface area is 423 Å². The van der Waals surface area contributed by atoms with Crippen molar-refractivity contribution in [1.82, 2.24) is 20.6 Å². The van der Waals surface area contributed by atoms with E-state index in [-0.39, 0.29) is 67.1 Å². The van der Waals surface area contributed by atoms with Gasteiger partial charge >= 0.3 is 12.1 Å². The number of benzene rings is 1. The van der Waals surface area contributed by atoms with E-state index in [9.17, 15) is 24.6 Å². The highest BCUT2D eigenvalue weighted by Gasteiger charge is 2.61. The summed E-state index contributed by atoms with van der Waals surface area (Å²) in [6.45, 7) is 7.38. The number of ether oxygens (including phenoxy) is 7. The molecule has 6 N–H and O–H groups in total. The number of aliphatic hydroxyl groups is 2. The van der Waals surface area contributed by atoms with E-state index in [2.05, 4.69) is 44.3 Å². The first-order valence-electron chi connectivity index (χ1n) is 22.8. The minimum atomic E-state index is -1.84. The number of aliphatic carboxylic acids is 1. The summed E-state index contributed by atoms with van der Waals surface area (Å²) in [5.74, 6) is 9.92. The van der Waals surface area contributed by atoms with Gasteiger partial charge in [0.05, 0.1) is 62.3 Å². The van der Waals surface area contributed by atoms with Gasteiger partial charge in [0.25, 0.3) is 0 Å². The number of carboxylic acids is 1. The number of thioether (sulfide) groups is 1. The third kappa shape index (κ3) is 12.8. The summed E-state index contributed by atoms with van der Waals surface area (Å²) in [5, 5.41) is 40.9. The summed E-state index contributed by atoms with van der Waals surface area (Å²) in [6, 6.07) is 6.80. The molecule has 21 heteroatoms. The van der Waals surface area contributed by atoms with E-state index >= 15 is 4.79 Å². The molecule has 4 heterocycles. The number of H-pyrrole nitrogens is 1. The summed E-state index contributed by atoms with van der Waals surface area (Å²) in [4.78, 5) is 61.2. The Morgan fingerprint density at radius 3 is 2.59 bits per heavy atom. The second kappa shape index (κ2) is 25.1. The van der Waals surface area contributed by atoms with E-state index in [0.29, 0.717) is 33.3 Å². The monoisotopic (exact) mass is 1040 g/mol. The number of ketones is 2. The fourth-order valence-corrected chi connectivity index (χ4v) is 10.5. The number of nitrogens with zero attached hydrogens (tertiary/aromatic N) is 1. The zero-order valence-electron chi connectivity index (χ0n) is 40.6. The van der Waals surface area contributed by atoms with Crippen LogP contribution in [0.1, 0.15) is 57.4 Å². The zero-order valence-corrected chi connectivity index (χ0v) is 43.1. The smallest absolute Gasteiger partial charge is 0.411 e. The molecule has 0 radical (unpaired) electrons. The molecule has 18 nitrogen and oxygen atoms in total. The maximum Gasteiger partial charge on any atom is 0.411 e. The number of aliphatic hydroxyl groups excluding tert-OH is 2. The molecule has 0 saturated carbocycles. The van der Waals surface area contributed by atoms with Crippen LogP contribution in [0.25, 0.3) is 21.8 Å². The van der Waals surface area contributed by atoms with Crippen molar-refractivity contribution < 1.29 is 67.7 Å². The topological polar surface area (TPSA) is 246 Å². The Hall–Kier alpha value is -5.01. The first-order chi connectivity index (χ1) is 34.0. The summed E-state index contributed by atoms with van der Waals surface area (Å²) < 4.78 is 41.2. The molecule has 11 atom stereocenters. The van der Waals surface area contributed by atoms with Crippen LogP contribution in [-0.4, -0.2) is 161 Å². The van der Waals surface area contributed by atoms with E-state index in [1.165, 1.54) is 18.3 Å². The van der Waals surface area contributed by atoms with Gasteiger partial charge in [0.15, 0.2) is 18.4 Å². The molecule has 1 aromatic carbocycles. The first kappa shape index (κ1) is 55.3. The van der Waals surface area contributed by atoms with Gasteiger partial charge in [-0.15, -0.1) is 27.1 Å². The molecule has 9 unspecified atom stereocenters. The Morgan fingerprint density at radius 1 is 1.15 bits per heavy atom. The fraction of sp³-hybridized carbons (Fsp3) is 0.500. The Morgan fingerprint density at radius 2 is 1.92 bits per heavy atom. The van der Waals surface area contributed by atoms with Crippen molar-refractivity contribution >= 4 is 77.8 Å². The first-order valence-corrected chi connectivity index (χ1v) is 26.7. The number of carbonyl (C=O) groups excluding carboxylic acids is 3. The third-order valence-corrected chi connectivity index (χ3v) is 14.6. The van der Waals surface area contributed by atoms with Crippen molar-refractivity contribution in [1.29, 1.82) is 0 Å². The number of allylic oxidation sites excluding steroid dienone is 3. The number of aromatic nitrogens is 2. The van der Waals surface area contributed by atoms with Crippen LogP contribution in [0, 0.1) is 23.7 Å². The summed E-state index contributed by atoms with van der Waals surface area (Å²) in [5.41, 5.74) is 0.947. The number of alkyl carbamates (subject to hydrolysis) is 1. The van der Waals surface area contributed by atoms with Crippen molar-refractivity contribution in [3.05, 3.63) is 71.2 Å². The van der Waals surface area contributed by atoms with Crippen molar-refractivity contribution in [3.63, 3.8) is 0 Å². The zero-order chi connectivity index (χ0) is 51.6. The molecule has 2 aromatic heterocycles. The molecule has 2 fully saturated rings. The Kier molecular flexibility index (Phi) is 19.5. The summed E-state index contributed by atoms with van der Waals surface area (Å²) in [7, 11) is 2.13. The van der Waals surface area contributed by atoms with Crippen LogP contribution >= 0.6 is 11.8 Å².